The van der Waals surface area contributed by atoms with Gasteiger partial charge in [0.05, 0.1) is 0 Å². The first-order valence-corrected chi connectivity index (χ1v) is 7.73. The number of hydrogen-bond acceptors (Lipinski definition) is 2. The van der Waals surface area contributed by atoms with Gasteiger partial charge in [-0.3, -0.25) is 0 Å². The van der Waals surface area contributed by atoms with Crippen LogP contribution in [0.2, 0.25) is 0 Å². The average molecular weight is 271 g/mol. The summed E-state index contributed by atoms with van der Waals surface area (Å²) in [5.74, 6) is 1.08. The molecule has 19 heavy (non-hydrogen) atoms. The Balaban J connectivity index is 1.80. The monoisotopic (exact) mass is 271 g/mol. The van der Waals surface area contributed by atoms with Crippen LogP contribution in [0.25, 0.3) is 0 Å². The molecule has 0 aliphatic rings. The van der Waals surface area contributed by atoms with Crippen molar-refractivity contribution < 1.29 is 0 Å². The predicted molar refractivity (Wildman–Crippen MR) is 84.6 cm³/mol. The third kappa shape index (κ3) is 4.73. The summed E-state index contributed by atoms with van der Waals surface area (Å²) in [6.45, 7) is 4.47. The van der Waals surface area contributed by atoms with Gasteiger partial charge >= 0.3 is 0 Å². The van der Waals surface area contributed by atoms with Crippen molar-refractivity contribution in [2.45, 2.75) is 30.8 Å². The molecule has 2 rings (SSSR count). The van der Waals surface area contributed by atoms with E-state index in [0.717, 1.165) is 5.75 Å². The third-order valence-corrected chi connectivity index (χ3v) is 4.35. The molecule has 100 valence electrons. The summed E-state index contributed by atoms with van der Waals surface area (Å²) in [6.07, 6.45) is 0. The van der Waals surface area contributed by atoms with Gasteiger partial charge in [-0.25, -0.2) is 0 Å². The largest absolute Gasteiger partial charge is 0.307 e. The molecule has 1 N–H and O–H groups in total. The summed E-state index contributed by atoms with van der Waals surface area (Å²) >= 11 is 1.90. The molecular weight excluding hydrogens is 250 g/mol. The van der Waals surface area contributed by atoms with Gasteiger partial charge in [0.1, 0.15) is 0 Å². The molecular formula is C17H21NS. The Hall–Kier alpha value is -1.25. The maximum Gasteiger partial charge on any atom is 0.0294 e. The standard InChI is InChI=1S/C17H21NS/c1-14(13-19-17-11-7-4-8-12-17)18-15(2)16-9-5-3-6-10-16/h3-12,14-15,18H,13H2,1-2H3/t14-,15+/m1/s1. The van der Waals surface area contributed by atoms with E-state index in [0.29, 0.717) is 12.1 Å². The highest BCUT2D eigenvalue weighted by Gasteiger charge is 2.09. The minimum absolute atomic E-state index is 0.396. The van der Waals surface area contributed by atoms with Crippen LogP contribution < -0.4 is 5.32 Å². The lowest BCUT2D eigenvalue weighted by Crippen LogP contribution is -2.30. The summed E-state index contributed by atoms with van der Waals surface area (Å²) in [5.41, 5.74) is 1.35. The lowest BCUT2D eigenvalue weighted by Gasteiger charge is -2.20. The van der Waals surface area contributed by atoms with Crippen LogP contribution in [0.4, 0.5) is 0 Å². The number of hydrogen-bond donors (Lipinski definition) is 1. The second kappa shape index (κ2) is 7.37. The summed E-state index contributed by atoms with van der Waals surface area (Å²) in [4.78, 5) is 1.34. The first-order chi connectivity index (χ1) is 9.25. The Morgan fingerprint density at radius 1 is 0.895 bits per heavy atom. The number of rotatable bonds is 6. The van der Waals surface area contributed by atoms with Crippen LogP contribution in [0.1, 0.15) is 25.5 Å². The molecule has 0 heterocycles. The summed E-state index contributed by atoms with van der Waals surface area (Å²) in [5, 5.41) is 3.65. The topological polar surface area (TPSA) is 12.0 Å². The zero-order valence-electron chi connectivity index (χ0n) is 11.5. The molecule has 1 nitrogen and oxygen atoms in total. The van der Waals surface area contributed by atoms with Crippen molar-refractivity contribution in [2.75, 3.05) is 5.75 Å². The summed E-state index contributed by atoms with van der Waals surface area (Å²) < 4.78 is 0. The van der Waals surface area contributed by atoms with E-state index in [1.807, 2.05) is 11.8 Å². The van der Waals surface area contributed by atoms with E-state index in [2.05, 4.69) is 79.8 Å². The highest BCUT2D eigenvalue weighted by molar-refractivity contribution is 7.99. The fraction of sp³-hybridized carbons (Fsp3) is 0.294. The molecule has 0 bridgehead atoms. The second-order valence-corrected chi connectivity index (χ2v) is 5.92. The molecule has 0 aliphatic carbocycles. The van der Waals surface area contributed by atoms with Crippen molar-refractivity contribution in [1.82, 2.24) is 5.32 Å². The number of nitrogens with one attached hydrogen (secondary N) is 1. The van der Waals surface area contributed by atoms with Crippen LogP contribution in [0.3, 0.4) is 0 Å². The maximum absolute atomic E-state index is 3.65. The molecule has 0 unspecified atom stereocenters. The van der Waals surface area contributed by atoms with E-state index in [-0.39, 0.29) is 0 Å². The van der Waals surface area contributed by atoms with Crippen molar-refractivity contribution in [3.8, 4) is 0 Å². The van der Waals surface area contributed by atoms with Crippen LogP contribution in [0.5, 0.6) is 0 Å². The van der Waals surface area contributed by atoms with Crippen molar-refractivity contribution in [2.24, 2.45) is 0 Å². The molecule has 0 spiro atoms. The molecule has 2 aromatic carbocycles. The highest BCUT2D eigenvalue weighted by Crippen LogP contribution is 2.19. The van der Waals surface area contributed by atoms with Crippen LogP contribution in [0, 0.1) is 0 Å². The minimum Gasteiger partial charge on any atom is -0.307 e. The zero-order chi connectivity index (χ0) is 13.5. The lowest BCUT2D eigenvalue weighted by atomic mass is 10.1. The van der Waals surface area contributed by atoms with Crippen LogP contribution in [-0.2, 0) is 0 Å². The molecule has 2 atom stereocenters. The van der Waals surface area contributed by atoms with E-state index >= 15 is 0 Å². The van der Waals surface area contributed by atoms with Gasteiger partial charge < -0.3 is 5.32 Å². The molecule has 0 saturated carbocycles. The Morgan fingerprint density at radius 3 is 2.11 bits per heavy atom. The van der Waals surface area contributed by atoms with Crippen LogP contribution in [0.15, 0.2) is 65.6 Å². The molecule has 0 fully saturated rings. The molecule has 2 aromatic rings. The number of benzene rings is 2. The molecule has 0 aromatic heterocycles. The fourth-order valence-corrected chi connectivity index (χ4v) is 2.94. The molecule has 0 radical (unpaired) electrons. The van der Waals surface area contributed by atoms with Crippen molar-refractivity contribution >= 4 is 11.8 Å². The quantitative estimate of drug-likeness (QED) is 0.775. The van der Waals surface area contributed by atoms with E-state index in [1.165, 1.54) is 10.5 Å². The zero-order valence-corrected chi connectivity index (χ0v) is 12.4. The van der Waals surface area contributed by atoms with Crippen molar-refractivity contribution in [3.05, 3.63) is 66.2 Å². The van der Waals surface area contributed by atoms with E-state index in [1.54, 1.807) is 0 Å². The van der Waals surface area contributed by atoms with Gasteiger partial charge in [-0.15, -0.1) is 11.8 Å². The maximum atomic E-state index is 3.65. The molecule has 0 aliphatic heterocycles. The molecule has 0 saturated heterocycles. The van der Waals surface area contributed by atoms with Crippen molar-refractivity contribution in [3.63, 3.8) is 0 Å². The van der Waals surface area contributed by atoms with Gasteiger partial charge in [0, 0.05) is 22.7 Å². The molecule has 0 amide bonds. The van der Waals surface area contributed by atoms with Gasteiger partial charge in [-0.1, -0.05) is 48.5 Å². The van der Waals surface area contributed by atoms with E-state index in [9.17, 15) is 0 Å². The van der Waals surface area contributed by atoms with Crippen molar-refractivity contribution in [1.29, 1.82) is 0 Å². The molecule has 2 heteroatoms. The normalized spacial score (nSPS) is 14.0. The summed E-state index contributed by atoms with van der Waals surface area (Å²) in [6, 6.07) is 22.1. The third-order valence-electron chi connectivity index (χ3n) is 3.08. The highest BCUT2D eigenvalue weighted by atomic mass is 32.2. The smallest absolute Gasteiger partial charge is 0.0294 e. The first-order valence-electron chi connectivity index (χ1n) is 6.74. The van der Waals surface area contributed by atoms with E-state index in [4.69, 9.17) is 0 Å². The fourth-order valence-electron chi connectivity index (χ4n) is 2.05. The Labute approximate surface area is 120 Å². The Bertz CT molecular complexity index is 469. The first kappa shape index (κ1) is 14.2. The lowest BCUT2D eigenvalue weighted by molar-refractivity contribution is 0.511. The average Bonchev–Trinajstić information content (AvgIpc) is 2.47. The number of thioether (sulfide) groups is 1. The predicted octanol–water partition coefficient (Wildman–Crippen LogP) is 4.52. The minimum atomic E-state index is 0.396. The van der Waals surface area contributed by atoms with E-state index < -0.39 is 0 Å². The Morgan fingerprint density at radius 2 is 1.47 bits per heavy atom. The van der Waals surface area contributed by atoms with Gasteiger partial charge in [0.2, 0.25) is 0 Å². The summed E-state index contributed by atoms with van der Waals surface area (Å²) in [7, 11) is 0. The SMILES string of the molecule is C[C@H](CSc1ccccc1)N[C@@H](C)c1ccccc1. The van der Waals surface area contributed by atoms with Crippen LogP contribution in [-0.4, -0.2) is 11.8 Å². The van der Waals surface area contributed by atoms with Gasteiger partial charge in [0.25, 0.3) is 0 Å². The Kier molecular flexibility index (Phi) is 5.49. The van der Waals surface area contributed by atoms with Crippen LogP contribution >= 0.6 is 11.8 Å². The van der Waals surface area contributed by atoms with Gasteiger partial charge in [-0.05, 0) is 31.5 Å². The second-order valence-electron chi connectivity index (χ2n) is 4.82. The van der Waals surface area contributed by atoms with Gasteiger partial charge in [0.15, 0.2) is 0 Å². The van der Waals surface area contributed by atoms with Gasteiger partial charge in [-0.2, -0.15) is 0 Å².